The molecule has 0 aromatic carbocycles. The maximum absolute atomic E-state index is 4.27. The molecular formula is C15H33N5. The number of nitrogens with one attached hydrogen (secondary N) is 2. The van der Waals surface area contributed by atoms with E-state index in [9.17, 15) is 0 Å². The highest BCUT2D eigenvalue weighted by atomic mass is 15.3. The Morgan fingerprint density at radius 3 is 2.40 bits per heavy atom. The summed E-state index contributed by atoms with van der Waals surface area (Å²) in [5.74, 6) is 0.928. The van der Waals surface area contributed by atoms with Gasteiger partial charge in [-0.05, 0) is 19.9 Å². The summed E-state index contributed by atoms with van der Waals surface area (Å²) in [6.45, 7) is 14.6. The SMILES string of the molecule is CCCCNC(=NC)NCC(C)N1CCN(CC)CC1. The van der Waals surface area contributed by atoms with Crippen LogP contribution in [-0.4, -0.2) is 74.7 Å². The fourth-order valence-corrected chi connectivity index (χ4v) is 2.50. The third kappa shape index (κ3) is 6.09. The standard InChI is InChI=1S/C15H33N5/c1-5-7-8-17-15(16-4)18-13-14(3)20-11-9-19(6-2)10-12-20/h14H,5-13H2,1-4H3,(H2,16,17,18). The van der Waals surface area contributed by atoms with Gasteiger partial charge in [-0.2, -0.15) is 0 Å². The molecule has 1 rings (SSSR count). The second kappa shape index (κ2) is 10.00. The van der Waals surface area contributed by atoms with Gasteiger partial charge in [0.25, 0.3) is 0 Å². The van der Waals surface area contributed by atoms with Crippen LogP contribution in [0.15, 0.2) is 4.99 Å². The first-order chi connectivity index (χ1) is 9.71. The summed E-state index contributed by atoms with van der Waals surface area (Å²) >= 11 is 0. The molecule has 1 fully saturated rings. The number of piperazine rings is 1. The fraction of sp³-hybridized carbons (Fsp3) is 0.933. The minimum absolute atomic E-state index is 0.554. The topological polar surface area (TPSA) is 42.9 Å². The zero-order valence-corrected chi connectivity index (χ0v) is 13.8. The monoisotopic (exact) mass is 283 g/mol. The molecular weight excluding hydrogens is 250 g/mol. The van der Waals surface area contributed by atoms with Crippen LogP contribution >= 0.6 is 0 Å². The molecule has 0 aliphatic carbocycles. The molecule has 0 spiro atoms. The van der Waals surface area contributed by atoms with Gasteiger partial charge in [0, 0.05) is 52.4 Å². The van der Waals surface area contributed by atoms with Gasteiger partial charge in [-0.3, -0.25) is 9.89 Å². The van der Waals surface area contributed by atoms with Crippen LogP contribution in [0.4, 0.5) is 0 Å². The predicted molar refractivity (Wildman–Crippen MR) is 87.4 cm³/mol. The maximum atomic E-state index is 4.27. The van der Waals surface area contributed by atoms with Gasteiger partial charge in [0.15, 0.2) is 5.96 Å². The molecule has 1 aliphatic heterocycles. The highest BCUT2D eigenvalue weighted by Crippen LogP contribution is 2.05. The first-order valence-electron chi connectivity index (χ1n) is 8.12. The smallest absolute Gasteiger partial charge is 0.191 e. The second-order valence-corrected chi connectivity index (χ2v) is 5.55. The Hall–Kier alpha value is -0.810. The fourth-order valence-electron chi connectivity index (χ4n) is 2.50. The Kier molecular flexibility index (Phi) is 8.62. The van der Waals surface area contributed by atoms with Crippen molar-refractivity contribution < 1.29 is 0 Å². The first kappa shape index (κ1) is 17.2. The Morgan fingerprint density at radius 1 is 1.15 bits per heavy atom. The van der Waals surface area contributed by atoms with Crippen LogP contribution in [0.25, 0.3) is 0 Å². The molecule has 118 valence electrons. The average molecular weight is 283 g/mol. The van der Waals surface area contributed by atoms with E-state index in [0.717, 1.165) is 19.0 Å². The summed E-state index contributed by atoms with van der Waals surface area (Å²) in [7, 11) is 1.84. The van der Waals surface area contributed by atoms with Gasteiger partial charge in [0.1, 0.15) is 0 Å². The van der Waals surface area contributed by atoms with Gasteiger partial charge >= 0.3 is 0 Å². The molecule has 0 amide bonds. The molecule has 1 aliphatic rings. The Morgan fingerprint density at radius 2 is 1.85 bits per heavy atom. The molecule has 1 heterocycles. The lowest BCUT2D eigenvalue weighted by atomic mass is 10.2. The summed E-state index contributed by atoms with van der Waals surface area (Å²) in [5.41, 5.74) is 0. The Labute approximate surface area is 124 Å². The quantitative estimate of drug-likeness (QED) is 0.415. The minimum Gasteiger partial charge on any atom is -0.356 e. The van der Waals surface area contributed by atoms with Crippen molar-refractivity contribution in [1.82, 2.24) is 20.4 Å². The molecule has 20 heavy (non-hydrogen) atoms. The van der Waals surface area contributed by atoms with Crippen molar-refractivity contribution in [2.24, 2.45) is 4.99 Å². The van der Waals surface area contributed by atoms with Crippen molar-refractivity contribution in [1.29, 1.82) is 0 Å². The lowest BCUT2D eigenvalue weighted by Crippen LogP contribution is -2.53. The highest BCUT2D eigenvalue weighted by molar-refractivity contribution is 5.79. The van der Waals surface area contributed by atoms with E-state index in [2.05, 4.69) is 46.2 Å². The third-order valence-electron chi connectivity index (χ3n) is 4.09. The minimum atomic E-state index is 0.554. The van der Waals surface area contributed by atoms with Crippen LogP contribution in [0.3, 0.4) is 0 Å². The average Bonchev–Trinajstić information content (AvgIpc) is 2.50. The molecule has 0 bridgehead atoms. The molecule has 1 saturated heterocycles. The van der Waals surface area contributed by atoms with Crippen LogP contribution in [-0.2, 0) is 0 Å². The lowest BCUT2D eigenvalue weighted by molar-refractivity contribution is 0.107. The molecule has 0 aromatic rings. The van der Waals surface area contributed by atoms with Gasteiger partial charge in [-0.25, -0.2) is 0 Å². The van der Waals surface area contributed by atoms with Crippen LogP contribution in [0.1, 0.15) is 33.6 Å². The number of unbranched alkanes of at least 4 members (excludes halogenated alkanes) is 1. The molecule has 0 saturated carbocycles. The van der Waals surface area contributed by atoms with E-state index in [0.29, 0.717) is 6.04 Å². The predicted octanol–water partition coefficient (Wildman–Crippen LogP) is 0.978. The van der Waals surface area contributed by atoms with Gasteiger partial charge in [-0.1, -0.05) is 20.3 Å². The van der Waals surface area contributed by atoms with Crippen molar-refractivity contribution in [3.63, 3.8) is 0 Å². The van der Waals surface area contributed by atoms with Gasteiger partial charge in [-0.15, -0.1) is 0 Å². The molecule has 1 unspecified atom stereocenters. The number of rotatable bonds is 7. The number of hydrogen-bond donors (Lipinski definition) is 2. The van der Waals surface area contributed by atoms with E-state index >= 15 is 0 Å². The van der Waals surface area contributed by atoms with Crippen molar-refractivity contribution in [3.8, 4) is 0 Å². The molecule has 0 radical (unpaired) electrons. The van der Waals surface area contributed by atoms with Gasteiger partial charge in [0.05, 0.1) is 0 Å². The van der Waals surface area contributed by atoms with E-state index in [1.807, 2.05) is 7.05 Å². The third-order valence-corrected chi connectivity index (χ3v) is 4.09. The molecule has 2 N–H and O–H groups in total. The van der Waals surface area contributed by atoms with Crippen LogP contribution in [0.2, 0.25) is 0 Å². The highest BCUT2D eigenvalue weighted by Gasteiger charge is 2.19. The van der Waals surface area contributed by atoms with E-state index in [1.165, 1.54) is 45.6 Å². The molecule has 5 heteroatoms. The van der Waals surface area contributed by atoms with E-state index in [-0.39, 0.29) is 0 Å². The number of guanidine groups is 1. The van der Waals surface area contributed by atoms with E-state index < -0.39 is 0 Å². The van der Waals surface area contributed by atoms with Crippen molar-refractivity contribution in [2.75, 3.05) is 52.9 Å². The Bertz CT molecular complexity index is 271. The summed E-state index contributed by atoms with van der Waals surface area (Å²) in [6, 6.07) is 0.554. The first-order valence-corrected chi connectivity index (χ1v) is 8.12. The van der Waals surface area contributed by atoms with Crippen LogP contribution < -0.4 is 10.6 Å². The Balaban J connectivity index is 2.23. The molecule has 0 aromatic heterocycles. The zero-order valence-electron chi connectivity index (χ0n) is 13.8. The number of aliphatic imine (C=N–C) groups is 1. The van der Waals surface area contributed by atoms with Crippen molar-refractivity contribution in [2.45, 2.75) is 39.7 Å². The number of nitrogens with zero attached hydrogens (tertiary/aromatic N) is 3. The van der Waals surface area contributed by atoms with E-state index in [1.54, 1.807) is 0 Å². The summed E-state index contributed by atoms with van der Waals surface area (Å²) in [5, 5.41) is 6.79. The summed E-state index contributed by atoms with van der Waals surface area (Å²) < 4.78 is 0. The summed E-state index contributed by atoms with van der Waals surface area (Å²) in [4.78, 5) is 9.35. The number of likely N-dealkylation sites (N-methyl/N-ethyl adjacent to an activating group) is 1. The van der Waals surface area contributed by atoms with Gasteiger partial charge in [0.2, 0.25) is 0 Å². The number of hydrogen-bond acceptors (Lipinski definition) is 3. The van der Waals surface area contributed by atoms with Crippen LogP contribution in [0.5, 0.6) is 0 Å². The van der Waals surface area contributed by atoms with E-state index in [4.69, 9.17) is 0 Å². The van der Waals surface area contributed by atoms with Crippen LogP contribution in [0, 0.1) is 0 Å². The summed E-state index contributed by atoms with van der Waals surface area (Å²) in [6.07, 6.45) is 2.40. The second-order valence-electron chi connectivity index (χ2n) is 5.55. The normalized spacial score (nSPS) is 19.9. The zero-order chi connectivity index (χ0) is 14.8. The molecule has 1 atom stereocenters. The van der Waals surface area contributed by atoms with Crippen molar-refractivity contribution in [3.05, 3.63) is 0 Å². The van der Waals surface area contributed by atoms with Crippen molar-refractivity contribution >= 4 is 5.96 Å². The largest absolute Gasteiger partial charge is 0.356 e. The van der Waals surface area contributed by atoms with Gasteiger partial charge < -0.3 is 15.5 Å². The maximum Gasteiger partial charge on any atom is 0.191 e. The molecule has 5 nitrogen and oxygen atoms in total. The lowest BCUT2D eigenvalue weighted by Gasteiger charge is -2.37.